The van der Waals surface area contributed by atoms with Crippen LogP contribution in [0.2, 0.25) is 0 Å². The Hall–Kier alpha value is -1.42. The van der Waals surface area contributed by atoms with Gasteiger partial charge in [0, 0.05) is 12.0 Å². The van der Waals surface area contributed by atoms with Gasteiger partial charge >= 0.3 is 0 Å². The summed E-state index contributed by atoms with van der Waals surface area (Å²) in [7, 11) is 0. The molecule has 1 aliphatic rings. The molecule has 22 heavy (non-hydrogen) atoms. The number of benzene rings is 1. The van der Waals surface area contributed by atoms with Gasteiger partial charge in [0.2, 0.25) is 5.91 Å². The van der Waals surface area contributed by atoms with Crippen LogP contribution in [0.5, 0.6) is 0 Å². The third kappa shape index (κ3) is 3.02. The molecule has 3 nitrogen and oxygen atoms in total. The number of carbonyl (C=O) groups excluding carboxylic acids is 1. The zero-order valence-corrected chi connectivity index (χ0v) is 13.7. The van der Waals surface area contributed by atoms with E-state index in [0.717, 1.165) is 31.2 Å². The Bertz CT molecular complexity index is 540. The third-order valence-corrected chi connectivity index (χ3v) is 5.49. The Labute approximate surface area is 131 Å². The standard InChI is InChI=1S/C18H26FNO2/c1-4-17(3,13(2)21)12-20-16(22)18(9-6-10-18)14-7-5-8-15(19)11-14/h5,7-8,11,13,21H,4,6,9-10,12H2,1-3H3,(H,20,22)/t13-,17-/m0/s1. The number of nitrogens with one attached hydrogen (secondary N) is 1. The summed E-state index contributed by atoms with van der Waals surface area (Å²) >= 11 is 0. The van der Waals surface area contributed by atoms with E-state index in [2.05, 4.69) is 5.32 Å². The summed E-state index contributed by atoms with van der Waals surface area (Å²) in [4.78, 5) is 12.7. The highest BCUT2D eigenvalue weighted by molar-refractivity contribution is 5.89. The van der Waals surface area contributed by atoms with Crippen molar-refractivity contribution in [1.82, 2.24) is 5.32 Å². The maximum atomic E-state index is 13.5. The Balaban J connectivity index is 2.13. The van der Waals surface area contributed by atoms with Gasteiger partial charge in [-0.15, -0.1) is 0 Å². The predicted molar refractivity (Wildman–Crippen MR) is 85.0 cm³/mol. The van der Waals surface area contributed by atoms with Crippen molar-refractivity contribution in [3.63, 3.8) is 0 Å². The zero-order chi connectivity index (χ0) is 16.4. The van der Waals surface area contributed by atoms with E-state index in [1.165, 1.54) is 12.1 Å². The van der Waals surface area contributed by atoms with E-state index in [9.17, 15) is 14.3 Å². The van der Waals surface area contributed by atoms with E-state index >= 15 is 0 Å². The molecule has 1 aromatic carbocycles. The van der Waals surface area contributed by atoms with Gasteiger partial charge in [-0.1, -0.05) is 32.4 Å². The molecule has 0 unspecified atom stereocenters. The van der Waals surface area contributed by atoms with E-state index < -0.39 is 11.5 Å². The summed E-state index contributed by atoms with van der Waals surface area (Å²) < 4.78 is 13.5. The van der Waals surface area contributed by atoms with Crippen LogP contribution in [0.1, 0.15) is 52.0 Å². The van der Waals surface area contributed by atoms with Crippen LogP contribution in [0.4, 0.5) is 4.39 Å². The van der Waals surface area contributed by atoms with Crippen LogP contribution in [0, 0.1) is 11.2 Å². The van der Waals surface area contributed by atoms with Crippen molar-refractivity contribution in [3.05, 3.63) is 35.6 Å². The maximum absolute atomic E-state index is 13.5. The normalized spacial score (nSPS) is 20.6. The average Bonchev–Trinajstić information content (AvgIpc) is 2.43. The van der Waals surface area contributed by atoms with Crippen molar-refractivity contribution >= 4 is 5.91 Å². The largest absolute Gasteiger partial charge is 0.393 e. The second-order valence-electron chi connectivity index (χ2n) is 6.81. The first kappa shape index (κ1) is 16.9. The van der Waals surface area contributed by atoms with E-state index in [1.807, 2.05) is 19.9 Å². The van der Waals surface area contributed by atoms with Gasteiger partial charge in [-0.2, -0.15) is 0 Å². The molecule has 0 saturated heterocycles. The molecule has 0 spiro atoms. The summed E-state index contributed by atoms with van der Waals surface area (Å²) in [5.74, 6) is -0.358. The van der Waals surface area contributed by atoms with E-state index in [1.54, 1.807) is 13.0 Å². The van der Waals surface area contributed by atoms with E-state index in [-0.39, 0.29) is 17.1 Å². The quantitative estimate of drug-likeness (QED) is 0.848. The second kappa shape index (κ2) is 6.37. The lowest BCUT2D eigenvalue weighted by atomic mass is 9.63. The molecule has 1 aromatic rings. The van der Waals surface area contributed by atoms with Gasteiger partial charge < -0.3 is 10.4 Å². The molecule has 2 atom stereocenters. The van der Waals surface area contributed by atoms with E-state index in [0.29, 0.717) is 6.54 Å². The van der Waals surface area contributed by atoms with Gasteiger partial charge in [0.1, 0.15) is 5.82 Å². The first-order valence-corrected chi connectivity index (χ1v) is 8.06. The van der Waals surface area contributed by atoms with Gasteiger partial charge in [-0.05, 0) is 43.9 Å². The van der Waals surface area contributed by atoms with Crippen LogP contribution in [-0.2, 0) is 10.2 Å². The minimum absolute atomic E-state index is 0.0512. The lowest BCUT2D eigenvalue weighted by Crippen LogP contribution is -2.52. The van der Waals surface area contributed by atoms with Crippen LogP contribution in [-0.4, -0.2) is 23.7 Å². The van der Waals surface area contributed by atoms with Crippen molar-refractivity contribution in [1.29, 1.82) is 0 Å². The van der Waals surface area contributed by atoms with Crippen molar-refractivity contribution in [3.8, 4) is 0 Å². The first-order chi connectivity index (χ1) is 10.3. The Morgan fingerprint density at radius 2 is 2.18 bits per heavy atom. The topological polar surface area (TPSA) is 49.3 Å². The van der Waals surface area contributed by atoms with Crippen LogP contribution >= 0.6 is 0 Å². The fraction of sp³-hybridized carbons (Fsp3) is 0.611. The minimum Gasteiger partial charge on any atom is -0.393 e. The summed E-state index contributed by atoms with van der Waals surface area (Å²) in [6, 6.07) is 6.35. The molecule has 0 aromatic heterocycles. The second-order valence-corrected chi connectivity index (χ2v) is 6.81. The highest BCUT2D eigenvalue weighted by atomic mass is 19.1. The number of carbonyl (C=O) groups is 1. The molecule has 122 valence electrons. The molecule has 1 aliphatic carbocycles. The highest BCUT2D eigenvalue weighted by Gasteiger charge is 2.46. The Morgan fingerprint density at radius 3 is 2.64 bits per heavy atom. The third-order valence-electron chi connectivity index (χ3n) is 5.49. The van der Waals surface area contributed by atoms with Crippen molar-refractivity contribution in [2.24, 2.45) is 5.41 Å². The number of amides is 1. The van der Waals surface area contributed by atoms with Crippen molar-refractivity contribution in [2.45, 2.75) is 58.0 Å². The van der Waals surface area contributed by atoms with Crippen LogP contribution in [0.25, 0.3) is 0 Å². The van der Waals surface area contributed by atoms with Crippen LogP contribution in [0.3, 0.4) is 0 Å². The molecule has 0 heterocycles. The number of halogens is 1. The SMILES string of the molecule is CC[C@@](C)(CNC(=O)C1(c2cccc(F)c2)CCC1)[C@H](C)O. The van der Waals surface area contributed by atoms with Gasteiger partial charge in [0.15, 0.2) is 0 Å². The summed E-state index contributed by atoms with van der Waals surface area (Å²) in [6.07, 6.45) is 2.76. The first-order valence-electron chi connectivity index (χ1n) is 8.06. The van der Waals surface area contributed by atoms with Gasteiger partial charge in [0.05, 0.1) is 11.5 Å². The Morgan fingerprint density at radius 1 is 1.50 bits per heavy atom. The molecule has 2 rings (SSSR count). The van der Waals surface area contributed by atoms with Gasteiger partial charge in [-0.25, -0.2) is 4.39 Å². The van der Waals surface area contributed by atoms with Gasteiger partial charge in [-0.3, -0.25) is 4.79 Å². The van der Waals surface area contributed by atoms with E-state index in [4.69, 9.17) is 0 Å². The molecule has 0 radical (unpaired) electrons. The average molecular weight is 307 g/mol. The number of hydrogen-bond donors (Lipinski definition) is 2. The van der Waals surface area contributed by atoms with Crippen LogP contribution in [0.15, 0.2) is 24.3 Å². The maximum Gasteiger partial charge on any atom is 0.230 e. The zero-order valence-electron chi connectivity index (χ0n) is 13.7. The lowest BCUT2D eigenvalue weighted by molar-refractivity contribution is -0.130. The molecule has 1 saturated carbocycles. The highest BCUT2D eigenvalue weighted by Crippen LogP contribution is 2.44. The smallest absolute Gasteiger partial charge is 0.230 e. The number of hydrogen-bond acceptors (Lipinski definition) is 2. The molecule has 2 N–H and O–H groups in total. The number of aliphatic hydroxyl groups excluding tert-OH is 1. The monoisotopic (exact) mass is 307 g/mol. The lowest BCUT2D eigenvalue weighted by Gasteiger charge is -2.42. The van der Waals surface area contributed by atoms with Crippen LogP contribution < -0.4 is 5.32 Å². The molecule has 0 bridgehead atoms. The molecular weight excluding hydrogens is 281 g/mol. The molecule has 4 heteroatoms. The molecule has 0 aliphatic heterocycles. The minimum atomic E-state index is -0.602. The molecular formula is C18H26FNO2. The number of aliphatic hydroxyl groups is 1. The fourth-order valence-corrected chi connectivity index (χ4v) is 2.98. The van der Waals surface area contributed by atoms with Crippen molar-refractivity contribution in [2.75, 3.05) is 6.54 Å². The molecule has 1 fully saturated rings. The Kier molecular flexibility index (Phi) is 4.90. The van der Waals surface area contributed by atoms with Crippen molar-refractivity contribution < 1.29 is 14.3 Å². The summed E-state index contributed by atoms with van der Waals surface area (Å²) in [5.41, 5.74) is -0.190. The summed E-state index contributed by atoms with van der Waals surface area (Å²) in [6.45, 7) is 6.15. The fourth-order valence-electron chi connectivity index (χ4n) is 2.98. The number of rotatable bonds is 6. The summed E-state index contributed by atoms with van der Waals surface area (Å²) in [5, 5.41) is 12.9. The predicted octanol–water partition coefficient (Wildman–Crippen LogP) is 3.16. The van der Waals surface area contributed by atoms with Gasteiger partial charge in [0.25, 0.3) is 0 Å². The molecule has 1 amide bonds.